The Kier molecular flexibility index (Phi) is 3.55. The fraction of sp³-hybridized carbons (Fsp3) is 0.125. The van der Waals surface area contributed by atoms with Crippen LogP contribution >= 0.6 is 0 Å². The van der Waals surface area contributed by atoms with E-state index >= 15 is 0 Å². The molecule has 106 valence electrons. The van der Waals surface area contributed by atoms with Crippen LogP contribution in [0.2, 0.25) is 0 Å². The number of nitrogen functional groups attached to an aromatic ring is 1. The lowest BCUT2D eigenvalue weighted by molar-refractivity contribution is 0.380. The van der Waals surface area contributed by atoms with E-state index in [-0.39, 0.29) is 5.75 Å². The Hall–Kier alpha value is -2.82. The van der Waals surface area contributed by atoms with Gasteiger partial charge < -0.3 is 15.4 Å². The standard InChI is InChI=1S/C16H15N3O2/c17-13-5-1-12(2-6-13)10-16-18-15(19-21-16)9-11-3-7-14(20)8-4-11/h1-8,20H,9-10,17H2. The van der Waals surface area contributed by atoms with Gasteiger partial charge in [-0.1, -0.05) is 29.4 Å². The van der Waals surface area contributed by atoms with Crippen LogP contribution in [0, 0.1) is 0 Å². The van der Waals surface area contributed by atoms with Gasteiger partial charge in [0, 0.05) is 12.1 Å². The number of phenolic OH excluding ortho intramolecular Hbond substituents is 1. The van der Waals surface area contributed by atoms with E-state index in [4.69, 9.17) is 10.3 Å². The van der Waals surface area contributed by atoms with E-state index in [1.807, 2.05) is 36.4 Å². The summed E-state index contributed by atoms with van der Waals surface area (Å²) in [4.78, 5) is 4.37. The minimum atomic E-state index is 0.246. The van der Waals surface area contributed by atoms with E-state index in [9.17, 15) is 5.11 Å². The van der Waals surface area contributed by atoms with Gasteiger partial charge in [-0.3, -0.25) is 0 Å². The molecule has 0 fully saturated rings. The third kappa shape index (κ3) is 3.39. The summed E-state index contributed by atoms with van der Waals surface area (Å²) in [5.41, 5.74) is 8.48. The molecule has 0 radical (unpaired) electrons. The van der Waals surface area contributed by atoms with Crippen molar-refractivity contribution in [2.75, 3.05) is 5.73 Å². The molecule has 0 aliphatic heterocycles. The van der Waals surface area contributed by atoms with E-state index in [0.717, 1.165) is 16.8 Å². The molecular weight excluding hydrogens is 266 g/mol. The van der Waals surface area contributed by atoms with Crippen LogP contribution in [-0.4, -0.2) is 15.2 Å². The predicted octanol–water partition coefficient (Wildman–Crippen LogP) is 2.54. The monoisotopic (exact) mass is 281 g/mol. The first-order valence-corrected chi connectivity index (χ1v) is 6.63. The molecule has 5 nitrogen and oxygen atoms in total. The van der Waals surface area contributed by atoms with Crippen molar-refractivity contribution in [1.82, 2.24) is 10.1 Å². The number of rotatable bonds is 4. The molecule has 0 saturated heterocycles. The van der Waals surface area contributed by atoms with Gasteiger partial charge in [-0.2, -0.15) is 4.98 Å². The summed E-state index contributed by atoms with van der Waals surface area (Å²) in [6, 6.07) is 14.6. The van der Waals surface area contributed by atoms with E-state index in [1.165, 1.54) is 0 Å². The molecule has 1 heterocycles. The van der Waals surface area contributed by atoms with Gasteiger partial charge in [0.2, 0.25) is 5.89 Å². The average molecular weight is 281 g/mol. The molecular formula is C16H15N3O2. The van der Waals surface area contributed by atoms with Crippen LogP contribution in [0.3, 0.4) is 0 Å². The van der Waals surface area contributed by atoms with Crippen LogP contribution < -0.4 is 5.73 Å². The van der Waals surface area contributed by atoms with E-state index in [2.05, 4.69) is 10.1 Å². The lowest BCUT2D eigenvalue weighted by Crippen LogP contribution is -1.93. The Balaban J connectivity index is 1.68. The molecule has 0 bridgehead atoms. The van der Waals surface area contributed by atoms with Crippen molar-refractivity contribution >= 4 is 5.69 Å². The van der Waals surface area contributed by atoms with Gasteiger partial charge in [0.1, 0.15) is 5.75 Å². The summed E-state index contributed by atoms with van der Waals surface area (Å²) in [6.45, 7) is 0. The highest BCUT2D eigenvalue weighted by atomic mass is 16.5. The molecule has 1 aromatic heterocycles. The largest absolute Gasteiger partial charge is 0.508 e. The number of nitrogens with two attached hydrogens (primary N) is 1. The SMILES string of the molecule is Nc1ccc(Cc2nc(Cc3ccc(O)cc3)no2)cc1. The molecule has 3 rings (SSSR count). The third-order valence-electron chi connectivity index (χ3n) is 3.14. The Morgan fingerprint density at radius 1 is 0.905 bits per heavy atom. The molecule has 0 spiro atoms. The highest BCUT2D eigenvalue weighted by Gasteiger charge is 2.08. The van der Waals surface area contributed by atoms with Crippen molar-refractivity contribution in [2.24, 2.45) is 0 Å². The first kappa shape index (κ1) is 13.2. The van der Waals surface area contributed by atoms with Gasteiger partial charge >= 0.3 is 0 Å². The molecule has 0 atom stereocenters. The maximum atomic E-state index is 9.25. The van der Waals surface area contributed by atoms with Crippen LogP contribution in [-0.2, 0) is 12.8 Å². The number of aromatic hydroxyl groups is 1. The molecule has 21 heavy (non-hydrogen) atoms. The number of anilines is 1. The van der Waals surface area contributed by atoms with Crippen molar-refractivity contribution in [1.29, 1.82) is 0 Å². The van der Waals surface area contributed by atoms with Gasteiger partial charge in [0.05, 0.1) is 6.42 Å². The highest BCUT2D eigenvalue weighted by Crippen LogP contribution is 2.14. The molecule has 5 heteroatoms. The lowest BCUT2D eigenvalue weighted by Gasteiger charge is -1.97. The van der Waals surface area contributed by atoms with Crippen LogP contribution in [0.25, 0.3) is 0 Å². The molecule has 0 unspecified atom stereocenters. The first-order valence-electron chi connectivity index (χ1n) is 6.63. The predicted molar refractivity (Wildman–Crippen MR) is 78.9 cm³/mol. The molecule has 0 aliphatic carbocycles. The normalized spacial score (nSPS) is 10.7. The Morgan fingerprint density at radius 3 is 2.24 bits per heavy atom. The van der Waals surface area contributed by atoms with Gasteiger partial charge in [0.15, 0.2) is 5.82 Å². The summed E-state index contributed by atoms with van der Waals surface area (Å²) >= 11 is 0. The molecule has 2 aromatic carbocycles. The topological polar surface area (TPSA) is 85.2 Å². The zero-order valence-electron chi connectivity index (χ0n) is 11.4. The summed E-state index contributed by atoms with van der Waals surface area (Å²) in [7, 11) is 0. The van der Waals surface area contributed by atoms with Crippen molar-refractivity contribution in [3.63, 3.8) is 0 Å². The van der Waals surface area contributed by atoms with E-state index < -0.39 is 0 Å². The van der Waals surface area contributed by atoms with Crippen LogP contribution in [0.1, 0.15) is 22.8 Å². The summed E-state index contributed by atoms with van der Waals surface area (Å²) < 4.78 is 5.25. The number of nitrogens with zero attached hydrogens (tertiary/aromatic N) is 2. The van der Waals surface area contributed by atoms with E-state index in [0.29, 0.717) is 24.6 Å². The number of benzene rings is 2. The Morgan fingerprint density at radius 2 is 1.52 bits per heavy atom. The quantitative estimate of drug-likeness (QED) is 0.718. The highest BCUT2D eigenvalue weighted by molar-refractivity contribution is 5.39. The molecule has 0 saturated carbocycles. The van der Waals surface area contributed by atoms with Crippen molar-refractivity contribution in [2.45, 2.75) is 12.8 Å². The third-order valence-corrected chi connectivity index (χ3v) is 3.14. The van der Waals surface area contributed by atoms with Gasteiger partial charge in [-0.05, 0) is 35.4 Å². The Labute approximate surface area is 122 Å². The fourth-order valence-corrected chi connectivity index (χ4v) is 2.04. The number of hydrogen-bond acceptors (Lipinski definition) is 5. The number of aromatic nitrogens is 2. The molecule has 3 aromatic rings. The van der Waals surface area contributed by atoms with E-state index in [1.54, 1.807) is 12.1 Å². The summed E-state index contributed by atoms with van der Waals surface area (Å²) in [6.07, 6.45) is 1.16. The zero-order valence-corrected chi connectivity index (χ0v) is 11.4. The molecule has 0 aliphatic rings. The lowest BCUT2D eigenvalue weighted by atomic mass is 10.1. The van der Waals surface area contributed by atoms with Gasteiger partial charge in [0.25, 0.3) is 0 Å². The van der Waals surface area contributed by atoms with Crippen LogP contribution in [0.4, 0.5) is 5.69 Å². The van der Waals surface area contributed by atoms with Crippen LogP contribution in [0.15, 0.2) is 53.1 Å². The van der Waals surface area contributed by atoms with Crippen molar-refractivity contribution in [3.05, 3.63) is 71.4 Å². The first-order chi connectivity index (χ1) is 10.2. The molecule has 3 N–H and O–H groups in total. The summed E-state index contributed by atoms with van der Waals surface area (Å²) in [5.74, 6) is 1.45. The zero-order chi connectivity index (χ0) is 14.7. The second kappa shape index (κ2) is 5.66. The number of phenols is 1. The Bertz CT molecular complexity index is 656. The van der Waals surface area contributed by atoms with Gasteiger partial charge in [-0.15, -0.1) is 0 Å². The number of hydrogen-bond donors (Lipinski definition) is 2. The van der Waals surface area contributed by atoms with Gasteiger partial charge in [-0.25, -0.2) is 0 Å². The second-order valence-electron chi connectivity index (χ2n) is 4.87. The van der Waals surface area contributed by atoms with Crippen molar-refractivity contribution < 1.29 is 9.63 Å². The van der Waals surface area contributed by atoms with Crippen LogP contribution in [0.5, 0.6) is 5.75 Å². The smallest absolute Gasteiger partial charge is 0.231 e. The fourth-order valence-electron chi connectivity index (χ4n) is 2.04. The maximum absolute atomic E-state index is 9.25. The molecule has 0 amide bonds. The maximum Gasteiger partial charge on any atom is 0.231 e. The minimum absolute atomic E-state index is 0.246. The average Bonchev–Trinajstić information content (AvgIpc) is 2.91. The minimum Gasteiger partial charge on any atom is -0.508 e. The van der Waals surface area contributed by atoms with Crippen molar-refractivity contribution in [3.8, 4) is 5.75 Å². The second-order valence-corrected chi connectivity index (χ2v) is 4.87. The summed E-state index contributed by atoms with van der Waals surface area (Å²) in [5, 5.41) is 13.2.